The van der Waals surface area contributed by atoms with Crippen LogP contribution in [0.1, 0.15) is 18.5 Å². The Labute approximate surface area is 124 Å². The summed E-state index contributed by atoms with van der Waals surface area (Å²) in [6.07, 6.45) is 21.9. The molecular weight excluding hydrogens is 256 g/mol. The van der Waals surface area contributed by atoms with Gasteiger partial charge in [-0.25, -0.2) is 4.98 Å². The average Bonchev–Trinajstić information content (AvgIpc) is 2.55. The Kier molecular flexibility index (Phi) is 3.07. The number of rotatable bonds is 1. The van der Waals surface area contributed by atoms with Crippen LogP contribution in [-0.2, 0) is 0 Å². The number of fused-ring (bicyclic) bond motifs is 2. The molecule has 2 nitrogen and oxygen atoms in total. The third-order valence-corrected chi connectivity index (χ3v) is 4.16. The molecule has 0 fully saturated rings. The third kappa shape index (κ3) is 2.49. The van der Waals surface area contributed by atoms with Crippen LogP contribution in [-0.4, -0.2) is 11.0 Å². The van der Waals surface area contributed by atoms with Gasteiger partial charge in [0.25, 0.3) is 0 Å². The van der Waals surface area contributed by atoms with E-state index in [1.54, 1.807) is 0 Å². The van der Waals surface area contributed by atoms with E-state index in [0.29, 0.717) is 12.0 Å². The molecule has 0 radical (unpaired) electrons. The predicted molar refractivity (Wildman–Crippen MR) is 87.5 cm³/mol. The van der Waals surface area contributed by atoms with Gasteiger partial charge in [-0.05, 0) is 36.3 Å². The lowest BCUT2D eigenvalue weighted by molar-refractivity contribution is 0.573. The summed E-state index contributed by atoms with van der Waals surface area (Å²) in [7, 11) is 0. The fraction of sp³-hybridized carbons (Fsp3) is 0.211. The normalized spacial score (nSPS) is 27.3. The van der Waals surface area contributed by atoms with Crippen LogP contribution in [0.4, 0.5) is 0 Å². The summed E-state index contributed by atoms with van der Waals surface area (Å²) >= 11 is 0. The molecule has 0 bridgehead atoms. The highest BCUT2D eigenvalue weighted by atomic mass is 14.9. The van der Waals surface area contributed by atoms with E-state index in [9.17, 15) is 0 Å². The van der Waals surface area contributed by atoms with Gasteiger partial charge in [0.2, 0.25) is 0 Å². The van der Waals surface area contributed by atoms with E-state index >= 15 is 0 Å². The number of hydrogen-bond donors (Lipinski definition) is 1. The van der Waals surface area contributed by atoms with Crippen LogP contribution < -0.4 is 15.9 Å². The first-order valence-electron chi connectivity index (χ1n) is 7.57. The Morgan fingerprint density at radius 3 is 2.95 bits per heavy atom. The minimum absolute atomic E-state index is 0.365. The van der Waals surface area contributed by atoms with Crippen LogP contribution in [0.2, 0.25) is 0 Å². The molecule has 3 aliphatic rings. The first-order chi connectivity index (χ1) is 10.4. The SMILES string of the molecule is C1=CC2C=C/C(=C\c3ccc4c(n3)=CCCC=4)NC2C=C1. The van der Waals surface area contributed by atoms with Gasteiger partial charge >= 0.3 is 0 Å². The molecule has 1 aromatic heterocycles. The summed E-state index contributed by atoms with van der Waals surface area (Å²) in [6, 6.07) is 4.63. The molecule has 2 heterocycles. The zero-order chi connectivity index (χ0) is 14.1. The van der Waals surface area contributed by atoms with E-state index in [4.69, 9.17) is 4.98 Å². The van der Waals surface area contributed by atoms with Crippen molar-refractivity contribution in [3.05, 3.63) is 70.5 Å². The van der Waals surface area contributed by atoms with Crippen molar-refractivity contribution in [2.45, 2.75) is 18.9 Å². The summed E-state index contributed by atoms with van der Waals surface area (Å²) in [6.45, 7) is 0. The van der Waals surface area contributed by atoms with Crippen molar-refractivity contribution in [2.75, 3.05) is 0 Å². The van der Waals surface area contributed by atoms with Crippen LogP contribution in [0.15, 0.2) is 54.3 Å². The minimum atomic E-state index is 0.365. The van der Waals surface area contributed by atoms with Gasteiger partial charge in [-0.2, -0.15) is 0 Å². The Bertz CT molecular complexity index is 793. The second-order valence-electron chi connectivity index (χ2n) is 5.67. The minimum Gasteiger partial charge on any atom is -0.378 e. The lowest BCUT2D eigenvalue weighted by Crippen LogP contribution is -2.35. The average molecular weight is 274 g/mol. The fourth-order valence-electron chi connectivity index (χ4n) is 3.03. The van der Waals surface area contributed by atoms with Crippen molar-refractivity contribution in [1.29, 1.82) is 0 Å². The summed E-state index contributed by atoms with van der Waals surface area (Å²) in [5, 5.41) is 5.94. The van der Waals surface area contributed by atoms with Crippen LogP contribution in [0.5, 0.6) is 0 Å². The van der Waals surface area contributed by atoms with Gasteiger partial charge in [0.15, 0.2) is 0 Å². The number of nitrogens with zero attached hydrogens (tertiary/aromatic N) is 1. The molecular formula is C19H18N2. The summed E-state index contributed by atoms with van der Waals surface area (Å²) < 4.78 is 0. The molecule has 2 atom stereocenters. The van der Waals surface area contributed by atoms with Crippen molar-refractivity contribution in [2.24, 2.45) is 5.92 Å². The highest BCUT2D eigenvalue weighted by Gasteiger charge is 2.19. The Morgan fingerprint density at radius 1 is 1.05 bits per heavy atom. The van der Waals surface area contributed by atoms with Crippen LogP contribution in [0, 0.1) is 5.92 Å². The van der Waals surface area contributed by atoms with E-state index < -0.39 is 0 Å². The first-order valence-corrected chi connectivity index (χ1v) is 7.57. The van der Waals surface area contributed by atoms with Gasteiger partial charge < -0.3 is 5.32 Å². The molecule has 21 heavy (non-hydrogen) atoms. The molecule has 0 saturated carbocycles. The topological polar surface area (TPSA) is 24.9 Å². The Morgan fingerprint density at radius 2 is 1.95 bits per heavy atom. The molecule has 2 aliphatic carbocycles. The van der Waals surface area contributed by atoms with Gasteiger partial charge in [-0.3, -0.25) is 0 Å². The summed E-state index contributed by atoms with van der Waals surface area (Å²) in [5.74, 6) is 0.464. The maximum absolute atomic E-state index is 4.74. The van der Waals surface area contributed by atoms with E-state index in [2.05, 4.69) is 72.1 Å². The quantitative estimate of drug-likeness (QED) is 0.848. The highest BCUT2D eigenvalue weighted by molar-refractivity contribution is 5.54. The molecule has 2 heteroatoms. The number of hydrogen-bond acceptors (Lipinski definition) is 2. The van der Waals surface area contributed by atoms with E-state index in [-0.39, 0.29) is 0 Å². The maximum atomic E-state index is 4.74. The monoisotopic (exact) mass is 274 g/mol. The van der Waals surface area contributed by atoms with Crippen molar-refractivity contribution >= 4 is 18.2 Å². The zero-order valence-corrected chi connectivity index (χ0v) is 11.9. The van der Waals surface area contributed by atoms with Crippen LogP contribution in [0.3, 0.4) is 0 Å². The zero-order valence-electron chi connectivity index (χ0n) is 11.9. The van der Waals surface area contributed by atoms with E-state index in [0.717, 1.165) is 29.6 Å². The van der Waals surface area contributed by atoms with Crippen LogP contribution >= 0.6 is 0 Å². The maximum Gasteiger partial charge on any atom is 0.0666 e. The lowest BCUT2D eigenvalue weighted by atomic mass is 9.91. The molecule has 4 rings (SSSR count). The van der Waals surface area contributed by atoms with E-state index in [1.807, 2.05) is 0 Å². The molecule has 2 unspecified atom stereocenters. The van der Waals surface area contributed by atoms with Crippen molar-refractivity contribution in [3.63, 3.8) is 0 Å². The fourth-order valence-corrected chi connectivity index (χ4v) is 3.03. The molecule has 1 N–H and O–H groups in total. The summed E-state index contributed by atoms with van der Waals surface area (Å²) in [4.78, 5) is 4.74. The van der Waals surface area contributed by atoms with E-state index in [1.165, 1.54) is 5.22 Å². The Hall–Kier alpha value is -2.35. The second kappa shape index (κ2) is 5.21. The molecule has 1 aromatic rings. The molecule has 1 aliphatic heterocycles. The molecule has 0 aromatic carbocycles. The lowest BCUT2D eigenvalue weighted by Gasteiger charge is -2.28. The summed E-state index contributed by atoms with van der Waals surface area (Å²) in [5.41, 5.74) is 2.14. The molecule has 0 amide bonds. The van der Waals surface area contributed by atoms with Gasteiger partial charge in [0.05, 0.1) is 17.1 Å². The number of aromatic nitrogens is 1. The van der Waals surface area contributed by atoms with Crippen molar-refractivity contribution in [1.82, 2.24) is 10.3 Å². The predicted octanol–water partition coefficient (Wildman–Crippen LogP) is 2.05. The highest BCUT2D eigenvalue weighted by Crippen LogP contribution is 2.21. The first kappa shape index (κ1) is 12.4. The number of nitrogens with one attached hydrogen (secondary N) is 1. The van der Waals surface area contributed by atoms with Gasteiger partial charge in [-0.1, -0.05) is 48.6 Å². The van der Waals surface area contributed by atoms with Gasteiger partial charge in [0, 0.05) is 11.6 Å². The Balaban J connectivity index is 1.66. The largest absolute Gasteiger partial charge is 0.378 e. The smallest absolute Gasteiger partial charge is 0.0666 e. The third-order valence-electron chi connectivity index (χ3n) is 4.16. The van der Waals surface area contributed by atoms with Crippen LogP contribution in [0.25, 0.3) is 18.2 Å². The number of allylic oxidation sites excluding steroid dienone is 3. The molecule has 0 spiro atoms. The van der Waals surface area contributed by atoms with Crippen molar-refractivity contribution < 1.29 is 0 Å². The van der Waals surface area contributed by atoms with Gasteiger partial charge in [0.1, 0.15) is 0 Å². The second-order valence-corrected chi connectivity index (χ2v) is 5.67. The molecule has 0 saturated heterocycles. The molecule has 104 valence electrons. The van der Waals surface area contributed by atoms with Crippen molar-refractivity contribution in [3.8, 4) is 0 Å². The number of pyridine rings is 1. The van der Waals surface area contributed by atoms with Gasteiger partial charge in [-0.15, -0.1) is 0 Å². The standard InChI is InChI=1S/C19H18N2/c1-3-7-18-14(5-1)9-11-16(20-18)13-17-12-10-15-6-2-4-8-19(15)21-17/h1,3,5-14,18,20H,2,4H2/b16-13+.